The summed E-state index contributed by atoms with van der Waals surface area (Å²) in [6.45, 7) is 6.53. The zero-order valence-corrected chi connectivity index (χ0v) is 13.8. The molecule has 0 radical (unpaired) electrons. The highest BCUT2D eigenvalue weighted by atomic mass is 32.1. The Bertz CT molecular complexity index is 555. The standard InChI is InChI=1S/C15H21N3S2/c1-12-5-6-13(19-12)10-17(2)11-14-9-16-15(20-14)18-7-3-4-8-18/h5-6,9H,3-4,7-8,10-11H2,1-2H3. The van der Waals surface area contributed by atoms with E-state index in [1.54, 1.807) is 0 Å². The number of anilines is 1. The first-order valence-electron chi connectivity index (χ1n) is 7.14. The fraction of sp³-hybridized carbons (Fsp3) is 0.533. The zero-order valence-electron chi connectivity index (χ0n) is 12.1. The maximum Gasteiger partial charge on any atom is 0.185 e. The molecule has 2 aromatic rings. The molecule has 1 aliphatic heterocycles. The first kappa shape index (κ1) is 14.0. The van der Waals surface area contributed by atoms with Crippen LogP contribution in [0.25, 0.3) is 0 Å². The molecule has 0 amide bonds. The first-order valence-corrected chi connectivity index (χ1v) is 8.77. The Balaban J connectivity index is 1.57. The van der Waals surface area contributed by atoms with Gasteiger partial charge in [-0.1, -0.05) is 0 Å². The van der Waals surface area contributed by atoms with Gasteiger partial charge in [-0.3, -0.25) is 4.90 Å². The van der Waals surface area contributed by atoms with E-state index in [4.69, 9.17) is 0 Å². The van der Waals surface area contributed by atoms with E-state index in [-0.39, 0.29) is 0 Å². The van der Waals surface area contributed by atoms with Crippen molar-refractivity contribution in [2.75, 3.05) is 25.0 Å². The lowest BCUT2D eigenvalue weighted by Gasteiger charge is -2.14. The number of hydrogen-bond donors (Lipinski definition) is 0. The van der Waals surface area contributed by atoms with E-state index in [2.05, 4.69) is 47.1 Å². The summed E-state index contributed by atoms with van der Waals surface area (Å²) in [5, 5.41) is 1.21. The van der Waals surface area contributed by atoms with Crippen LogP contribution in [-0.2, 0) is 13.1 Å². The summed E-state index contributed by atoms with van der Waals surface area (Å²) in [6, 6.07) is 4.44. The first-order chi connectivity index (χ1) is 9.70. The molecule has 0 aromatic carbocycles. The van der Waals surface area contributed by atoms with Gasteiger partial charge in [0.15, 0.2) is 5.13 Å². The Kier molecular flexibility index (Phi) is 4.38. The summed E-state index contributed by atoms with van der Waals surface area (Å²) in [5.41, 5.74) is 0. The smallest absolute Gasteiger partial charge is 0.185 e. The molecule has 3 nitrogen and oxygen atoms in total. The van der Waals surface area contributed by atoms with E-state index >= 15 is 0 Å². The molecule has 2 aromatic heterocycles. The van der Waals surface area contributed by atoms with Crippen molar-refractivity contribution in [3.8, 4) is 0 Å². The minimum atomic E-state index is 0.989. The minimum Gasteiger partial charge on any atom is -0.348 e. The number of thiophene rings is 1. The van der Waals surface area contributed by atoms with Crippen LogP contribution >= 0.6 is 22.7 Å². The normalized spacial score (nSPS) is 15.4. The fourth-order valence-corrected chi connectivity index (χ4v) is 4.60. The molecule has 1 aliphatic rings. The predicted molar refractivity (Wildman–Crippen MR) is 87.8 cm³/mol. The predicted octanol–water partition coefficient (Wildman–Crippen LogP) is 3.75. The van der Waals surface area contributed by atoms with Crippen molar-refractivity contribution in [3.05, 3.63) is 33.0 Å². The van der Waals surface area contributed by atoms with Gasteiger partial charge in [-0.25, -0.2) is 4.98 Å². The van der Waals surface area contributed by atoms with Crippen molar-refractivity contribution in [1.29, 1.82) is 0 Å². The third kappa shape index (κ3) is 3.40. The number of nitrogens with zero attached hydrogens (tertiary/aromatic N) is 3. The highest BCUT2D eigenvalue weighted by Gasteiger charge is 2.16. The molecule has 3 heterocycles. The number of aromatic nitrogens is 1. The van der Waals surface area contributed by atoms with Crippen LogP contribution in [0.5, 0.6) is 0 Å². The van der Waals surface area contributed by atoms with Gasteiger partial charge in [0.2, 0.25) is 0 Å². The van der Waals surface area contributed by atoms with E-state index < -0.39 is 0 Å². The molecule has 108 valence electrons. The number of thiazole rings is 1. The molecular formula is C15H21N3S2. The summed E-state index contributed by atoms with van der Waals surface area (Å²) < 4.78 is 0. The molecule has 0 N–H and O–H groups in total. The van der Waals surface area contributed by atoms with Crippen molar-refractivity contribution < 1.29 is 0 Å². The Labute approximate surface area is 128 Å². The second-order valence-electron chi connectivity index (χ2n) is 5.49. The lowest BCUT2D eigenvalue weighted by molar-refractivity contribution is 0.325. The van der Waals surface area contributed by atoms with Crippen LogP contribution in [0.4, 0.5) is 5.13 Å². The molecule has 1 fully saturated rings. The van der Waals surface area contributed by atoms with Gasteiger partial charge in [-0.05, 0) is 38.9 Å². The average Bonchev–Trinajstić information content (AvgIpc) is 3.10. The second-order valence-corrected chi connectivity index (χ2v) is 7.95. The van der Waals surface area contributed by atoms with Crippen LogP contribution in [0.2, 0.25) is 0 Å². The van der Waals surface area contributed by atoms with Gasteiger partial charge in [-0.2, -0.15) is 0 Å². The van der Waals surface area contributed by atoms with Crippen LogP contribution in [-0.4, -0.2) is 30.0 Å². The number of aryl methyl sites for hydroxylation is 1. The van der Waals surface area contributed by atoms with Crippen molar-refractivity contribution in [2.24, 2.45) is 0 Å². The Hall–Kier alpha value is -0.910. The summed E-state index contributed by atoms with van der Waals surface area (Å²) >= 11 is 3.74. The Morgan fingerprint density at radius 3 is 2.60 bits per heavy atom. The van der Waals surface area contributed by atoms with Crippen LogP contribution in [0.3, 0.4) is 0 Å². The maximum absolute atomic E-state index is 4.58. The van der Waals surface area contributed by atoms with Crippen LogP contribution < -0.4 is 4.90 Å². The largest absolute Gasteiger partial charge is 0.348 e. The lowest BCUT2D eigenvalue weighted by atomic mass is 10.4. The molecular weight excluding hydrogens is 286 g/mol. The van der Waals surface area contributed by atoms with Gasteiger partial charge >= 0.3 is 0 Å². The molecule has 20 heavy (non-hydrogen) atoms. The van der Waals surface area contributed by atoms with E-state index in [1.165, 1.54) is 45.7 Å². The SMILES string of the molecule is Cc1ccc(CN(C)Cc2cnc(N3CCCC3)s2)s1. The van der Waals surface area contributed by atoms with Crippen molar-refractivity contribution in [3.63, 3.8) is 0 Å². The fourth-order valence-electron chi connectivity index (χ4n) is 2.58. The van der Waals surface area contributed by atoms with Gasteiger partial charge in [-0.15, -0.1) is 22.7 Å². The minimum absolute atomic E-state index is 0.989. The molecule has 0 saturated carbocycles. The highest BCUT2D eigenvalue weighted by Crippen LogP contribution is 2.27. The monoisotopic (exact) mass is 307 g/mol. The number of hydrogen-bond acceptors (Lipinski definition) is 5. The van der Waals surface area contributed by atoms with Gasteiger partial charge in [0.05, 0.1) is 0 Å². The summed E-state index contributed by atoms with van der Waals surface area (Å²) in [7, 11) is 2.18. The second kappa shape index (κ2) is 6.24. The topological polar surface area (TPSA) is 19.4 Å². The highest BCUT2D eigenvalue weighted by molar-refractivity contribution is 7.15. The van der Waals surface area contributed by atoms with Crippen molar-refractivity contribution >= 4 is 27.8 Å². The van der Waals surface area contributed by atoms with Crippen molar-refractivity contribution in [2.45, 2.75) is 32.9 Å². The maximum atomic E-state index is 4.58. The lowest BCUT2D eigenvalue weighted by Crippen LogP contribution is -2.17. The van der Waals surface area contributed by atoms with Crippen molar-refractivity contribution in [1.82, 2.24) is 9.88 Å². The molecule has 5 heteroatoms. The molecule has 0 bridgehead atoms. The number of rotatable bonds is 5. The molecule has 0 aliphatic carbocycles. The van der Waals surface area contributed by atoms with Gasteiger partial charge in [0.1, 0.15) is 0 Å². The summed E-state index contributed by atoms with van der Waals surface area (Å²) in [6.07, 6.45) is 4.67. The van der Waals surface area contributed by atoms with E-state index in [0.29, 0.717) is 0 Å². The third-order valence-electron chi connectivity index (χ3n) is 3.57. The summed E-state index contributed by atoms with van der Waals surface area (Å²) in [5.74, 6) is 0. The molecule has 0 spiro atoms. The van der Waals surface area contributed by atoms with Crippen LogP contribution in [0.1, 0.15) is 27.5 Å². The summed E-state index contributed by atoms with van der Waals surface area (Å²) in [4.78, 5) is 13.6. The Morgan fingerprint density at radius 1 is 1.15 bits per heavy atom. The van der Waals surface area contributed by atoms with Gasteiger partial charge < -0.3 is 4.90 Å². The third-order valence-corrected chi connectivity index (χ3v) is 5.59. The van der Waals surface area contributed by atoms with Gasteiger partial charge in [0.25, 0.3) is 0 Å². The van der Waals surface area contributed by atoms with E-state index in [9.17, 15) is 0 Å². The molecule has 1 saturated heterocycles. The molecule has 3 rings (SSSR count). The molecule has 0 unspecified atom stereocenters. The van der Waals surface area contributed by atoms with E-state index in [0.717, 1.165) is 13.1 Å². The van der Waals surface area contributed by atoms with Crippen LogP contribution in [0.15, 0.2) is 18.3 Å². The van der Waals surface area contributed by atoms with Gasteiger partial charge in [0, 0.05) is 47.0 Å². The van der Waals surface area contributed by atoms with Crippen LogP contribution in [0, 0.1) is 6.92 Å². The van der Waals surface area contributed by atoms with E-state index in [1.807, 2.05) is 22.7 Å². The average molecular weight is 307 g/mol. The Morgan fingerprint density at radius 2 is 1.90 bits per heavy atom. The zero-order chi connectivity index (χ0) is 13.9. The molecule has 0 atom stereocenters. The quantitative estimate of drug-likeness (QED) is 0.839.